The fraction of sp³-hybridized carbons (Fsp3) is 1.00. The first-order chi connectivity index (χ1) is 7.51. The largest absolute Gasteiger partial charge is 0.330 e. The van der Waals surface area contributed by atoms with Crippen LogP contribution >= 0.6 is 0 Å². The summed E-state index contributed by atoms with van der Waals surface area (Å²) in [5, 5.41) is 0. The Bertz CT molecular complexity index is 174. The molecule has 1 aliphatic rings. The quantitative estimate of drug-likeness (QED) is 0.739. The molecule has 96 valence electrons. The van der Waals surface area contributed by atoms with E-state index < -0.39 is 0 Å². The third-order valence-corrected chi connectivity index (χ3v) is 3.87. The van der Waals surface area contributed by atoms with Crippen molar-refractivity contribution in [3.8, 4) is 0 Å². The van der Waals surface area contributed by atoms with Gasteiger partial charge in [0.1, 0.15) is 0 Å². The Morgan fingerprint density at radius 1 is 1.12 bits per heavy atom. The zero-order valence-electron chi connectivity index (χ0n) is 11.6. The van der Waals surface area contributed by atoms with Gasteiger partial charge in [-0.2, -0.15) is 0 Å². The fourth-order valence-electron chi connectivity index (χ4n) is 3.30. The van der Waals surface area contributed by atoms with Crippen molar-refractivity contribution in [1.82, 2.24) is 0 Å². The highest BCUT2D eigenvalue weighted by Crippen LogP contribution is 2.35. The normalized spacial score (nSPS) is 21.0. The maximum atomic E-state index is 5.75. The molecule has 0 aromatic heterocycles. The Labute approximate surface area is 102 Å². The fourth-order valence-corrected chi connectivity index (χ4v) is 3.30. The zero-order chi connectivity index (χ0) is 12.0. The Morgan fingerprint density at radius 2 is 1.75 bits per heavy atom. The molecule has 0 amide bonds. The highest BCUT2D eigenvalue weighted by Gasteiger charge is 2.22. The third-order valence-electron chi connectivity index (χ3n) is 3.87. The Balaban J connectivity index is 2.36. The van der Waals surface area contributed by atoms with E-state index in [0.29, 0.717) is 5.41 Å². The summed E-state index contributed by atoms with van der Waals surface area (Å²) in [6, 6.07) is 0. The average molecular weight is 225 g/mol. The monoisotopic (exact) mass is 225 g/mol. The van der Waals surface area contributed by atoms with Crippen LogP contribution in [0.1, 0.15) is 72.1 Å². The summed E-state index contributed by atoms with van der Waals surface area (Å²) in [6.07, 6.45) is 11.4. The molecule has 0 bridgehead atoms. The minimum Gasteiger partial charge on any atom is -0.330 e. The van der Waals surface area contributed by atoms with E-state index >= 15 is 0 Å². The van der Waals surface area contributed by atoms with Crippen molar-refractivity contribution in [2.24, 2.45) is 23.0 Å². The second kappa shape index (κ2) is 6.64. The standard InChI is InChI=1S/C15H31N/c1-15(2,3)12-14(9-10-16)11-13-7-5-4-6-8-13/h13-14H,4-12,16H2,1-3H3. The topological polar surface area (TPSA) is 26.0 Å². The molecule has 1 atom stereocenters. The predicted molar refractivity (Wildman–Crippen MR) is 72.4 cm³/mol. The molecular weight excluding hydrogens is 194 g/mol. The van der Waals surface area contributed by atoms with Crippen LogP contribution in [0.2, 0.25) is 0 Å². The van der Waals surface area contributed by atoms with Crippen molar-refractivity contribution < 1.29 is 0 Å². The Morgan fingerprint density at radius 3 is 2.25 bits per heavy atom. The predicted octanol–water partition coefficient (Wildman–Crippen LogP) is 4.36. The molecule has 1 fully saturated rings. The van der Waals surface area contributed by atoms with E-state index in [0.717, 1.165) is 18.4 Å². The van der Waals surface area contributed by atoms with Crippen LogP contribution in [-0.4, -0.2) is 6.54 Å². The summed E-state index contributed by atoms with van der Waals surface area (Å²) in [4.78, 5) is 0. The van der Waals surface area contributed by atoms with Gasteiger partial charge in [0.2, 0.25) is 0 Å². The first-order valence-corrected chi connectivity index (χ1v) is 7.21. The van der Waals surface area contributed by atoms with E-state index in [1.807, 2.05) is 0 Å². The SMILES string of the molecule is CC(C)(C)CC(CCN)CC1CCCCC1. The van der Waals surface area contributed by atoms with Crippen LogP contribution in [0.4, 0.5) is 0 Å². The summed E-state index contributed by atoms with van der Waals surface area (Å²) >= 11 is 0. The van der Waals surface area contributed by atoms with Crippen molar-refractivity contribution in [1.29, 1.82) is 0 Å². The molecule has 1 saturated carbocycles. The van der Waals surface area contributed by atoms with Crippen LogP contribution in [-0.2, 0) is 0 Å². The molecule has 0 spiro atoms. The van der Waals surface area contributed by atoms with Gasteiger partial charge in [0.15, 0.2) is 0 Å². The van der Waals surface area contributed by atoms with Crippen LogP contribution in [0.3, 0.4) is 0 Å². The molecule has 0 radical (unpaired) electrons. The van der Waals surface area contributed by atoms with Gasteiger partial charge in [-0.05, 0) is 43.1 Å². The van der Waals surface area contributed by atoms with Gasteiger partial charge in [0.05, 0.1) is 0 Å². The van der Waals surface area contributed by atoms with Crippen molar-refractivity contribution in [2.45, 2.75) is 72.1 Å². The lowest BCUT2D eigenvalue weighted by molar-refractivity contribution is 0.218. The minimum absolute atomic E-state index is 0.467. The first-order valence-electron chi connectivity index (χ1n) is 7.21. The van der Waals surface area contributed by atoms with Gasteiger partial charge in [0, 0.05) is 0 Å². The molecule has 0 aromatic carbocycles. The summed E-state index contributed by atoms with van der Waals surface area (Å²) in [5.74, 6) is 1.88. The maximum Gasteiger partial charge on any atom is -0.00746 e. The summed E-state index contributed by atoms with van der Waals surface area (Å²) < 4.78 is 0. The summed E-state index contributed by atoms with van der Waals surface area (Å²) in [5.41, 5.74) is 6.22. The first kappa shape index (κ1) is 14.0. The smallest absolute Gasteiger partial charge is 0.00746 e. The lowest BCUT2D eigenvalue weighted by atomic mass is 9.76. The van der Waals surface area contributed by atoms with Crippen LogP contribution in [0.5, 0.6) is 0 Å². The molecule has 1 nitrogen and oxygen atoms in total. The molecule has 0 saturated heterocycles. The van der Waals surface area contributed by atoms with Gasteiger partial charge in [-0.15, -0.1) is 0 Å². The Hall–Kier alpha value is -0.0400. The van der Waals surface area contributed by atoms with Crippen LogP contribution in [0.15, 0.2) is 0 Å². The van der Waals surface area contributed by atoms with Crippen molar-refractivity contribution >= 4 is 0 Å². The van der Waals surface area contributed by atoms with Gasteiger partial charge >= 0.3 is 0 Å². The Kier molecular flexibility index (Phi) is 5.82. The zero-order valence-corrected chi connectivity index (χ0v) is 11.6. The molecule has 16 heavy (non-hydrogen) atoms. The molecule has 0 heterocycles. The van der Waals surface area contributed by atoms with Crippen LogP contribution in [0, 0.1) is 17.3 Å². The second-order valence-corrected chi connectivity index (χ2v) is 6.95. The molecule has 0 aromatic rings. The summed E-state index contributed by atoms with van der Waals surface area (Å²) in [7, 11) is 0. The number of rotatable bonds is 5. The van der Waals surface area contributed by atoms with E-state index in [4.69, 9.17) is 5.73 Å². The molecule has 0 aliphatic heterocycles. The van der Waals surface area contributed by atoms with E-state index in [2.05, 4.69) is 20.8 Å². The maximum absolute atomic E-state index is 5.75. The summed E-state index contributed by atoms with van der Waals surface area (Å²) in [6.45, 7) is 7.94. The van der Waals surface area contributed by atoms with Gasteiger partial charge in [0.25, 0.3) is 0 Å². The van der Waals surface area contributed by atoms with Gasteiger partial charge in [-0.1, -0.05) is 52.9 Å². The van der Waals surface area contributed by atoms with Crippen LogP contribution in [0.25, 0.3) is 0 Å². The van der Waals surface area contributed by atoms with E-state index in [1.54, 1.807) is 0 Å². The van der Waals surface area contributed by atoms with Gasteiger partial charge in [-0.25, -0.2) is 0 Å². The minimum atomic E-state index is 0.467. The van der Waals surface area contributed by atoms with Crippen molar-refractivity contribution in [3.05, 3.63) is 0 Å². The molecule has 1 unspecified atom stereocenters. The molecule has 1 rings (SSSR count). The van der Waals surface area contributed by atoms with Gasteiger partial charge in [-0.3, -0.25) is 0 Å². The number of hydrogen-bond donors (Lipinski definition) is 1. The highest BCUT2D eigenvalue weighted by atomic mass is 14.5. The third kappa shape index (κ3) is 5.89. The molecular formula is C15H31N. The van der Waals surface area contributed by atoms with Crippen LogP contribution < -0.4 is 5.73 Å². The van der Waals surface area contributed by atoms with E-state index in [-0.39, 0.29) is 0 Å². The second-order valence-electron chi connectivity index (χ2n) is 6.95. The number of nitrogens with two attached hydrogens (primary N) is 1. The van der Waals surface area contributed by atoms with E-state index in [9.17, 15) is 0 Å². The highest BCUT2D eigenvalue weighted by molar-refractivity contribution is 4.75. The lowest BCUT2D eigenvalue weighted by Gasteiger charge is -2.30. The average Bonchev–Trinajstić information content (AvgIpc) is 2.17. The van der Waals surface area contributed by atoms with Crippen molar-refractivity contribution in [3.63, 3.8) is 0 Å². The van der Waals surface area contributed by atoms with E-state index in [1.165, 1.54) is 51.4 Å². The van der Waals surface area contributed by atoms with Gasteiger partial charge < -0.3 is 5.73 Å². The van der Waals surface area contributed by atoms with Crippen molar-refractivity contribution in [2.75, 3.05) is 6.54 Å². The molecule has 2 N–H and O–H groups in total. The molecule has 1 aliphatic carbocycles. The lowest BCUT2D eigenvalue weighted by Crippen LogP contribution is -2.20. The number of hydrogen-bond acceptors (Lipinski definition) is 1. The molecule has 1 heteroatoms.